The van der Waals surface area contributed by atoms with Crippen molar-refractivity contribution in [2.75, 3.05) is 11.9 Å². The molecule has 0 saturated heterocycles. The fourth-order valence-corrected chi connectivity index (χ4v) is 3.50. The van der Waals surface area contributed by atoms with Gasteiger partial charge < -0.3 is 14.6 Å². The minimum absolute atomic E-state index is 0.0876. The van der Waals surface area contributed by atoms with Crippen molar-refractivity contribution in [3.63, 3.8) is 0 Å². The molecular formula is C24H23BrN4O3. The number of benzene rings is 2. The van der Waals surface area contributed by atoms with Gasteiger partial charge >= 0.3 is 0 Å². The molecule has 164 valence electrons. The van der Waals surface area contributed by atoms with Gasteiger partial charge in [-0.2, -0.15) is 5.10 Å². The highest BCUT2D eigenvalue weighted by Crippen LogP contribution is 2.22. The van der Waals surface area contributed by atoms with Crippen LogP contribution in [0.2, 0.25) is 0 Å². The number of carbonyl (C=O) groups is 1. The second-order valence-corrected chi connectivity index (χ2v) is 8.29. The van der Waals surface area contributed by atoms with E-state index in [1.807, 2.05) is 36.4 Å². The molecule has 0 saturated carbocycles. The van der Waals surface area contributed by atoms with Gasteiger partial charge in [0.2, 0.25) is 5.91 Å². The van der Waals surface area contributed by atoms with E-state index in [0.29, 0.717) is 23.5 Å². The molecule has 0 fully saturated rings. The molecular weight excluding hydrogens is 472 g/mol. The first kappa shape index (κ1) is 21.8. The third-order valence-electron chi connectivity index (χ3n) is 4.96. The van der Waals surface area contributed by atoms with Crippen molar-refractivity contribution in [3.05, 3.63) is 81.8 Å². The molecule has 0 bridgehead atoms. The van der Waals surface area contributed by atoms with Crippen molar-refractivity contribution in [1.82, 2.24) is 14.2 Å². The average molecular weight is 495 g/mol. The lowest BCUT2D eigenvalue weighted by molar-refractivity contribution is -0.116. The van der Waals surface area contributed by atoms with Crippen LogP contribution in [0.15, 0.2) is 76.3 Å². The fraction of sp³-hybridized carbons (Fsp3) is 0.208. The number of nitrogens with one attached hydrogen (secondary N) is 1. The Morgan fingerprint density at radius 3 is 2.56 bits per heavy atom. The molecule has 4 aromatic rings. The molecule has 2 aromatic heterocycles. The zero-order valence-electron chi connectivity index (χ0n) is 17.6. The fourth-order valence-electron chi connectivity index (χ4n) is 3.24. The van der Waals surface area contributed by atoms with Crippen LogP contribution in [0.4, 0.5) is 5.69 Å². The number of aromatic nitrogens is 3. The number of fused-ring (bicyclic) bond motifs is 1. The van der Waals surface area contributed by atoms with Crippen LogP contribution in [-0.2, 0) is 11.3 Å². The van der Waals surface area contributed by atoms with Gasteiger partial charge in [0.1, 0.15) is 17.8 Å². The summed E-state index contributed by atoms with van der Waals surface area (Å²) < 4.78 is 9.53. The topological polar surface area (TPSA) is 77.6 Å². The van der Waals surface area contributed by atoms with Crippen molar-refractivity contribution >= 4 is 33.0 Å². The molecule has 1 amide bonds. The van der Waals surface area contributed by atoms with Gasteiger partial charge in [-0.25, -0.2) is 4.52 Å². The van der Waals surface area contributed by atoms with E-state index in [1.165, 1.54) is 9.08 Å². The van der Waals surface area contributed by atoms with Crippen LogP contribution in [0.25, 0.3) is 16.8 Å². The molecule has 0 aliphatic heterocycles. The van der Waals surface area contributed by atoms with Crippen molar-refractivity contribution in [3.8, 4) is 17.0 Å². The van der Waals surface area contributed by atoms with Crippen LogP contribution < -0.4 is 15.6 Å². The van der Waals surface area contributed by atoms with Crippen LogP contribution in [0.3, 0.4) is 0 Å². The number of amides is 1. The summed E-state index contributed by atoms with van der Waals surface area (Å²) in [7, 11) is 0. The first-order valence-electron chi connectivity index (χ1n) is 10.4. The number of unbranched alkanes of at least 4 members (excludes halogenated alkanes) is 1. The first-order valence-corrected chi connectivity index (χ1v) is 11.2. The van der Waals surface area contributed by atoms with E-state index in [1.54, 1.807) is 30.6 Å². The Morgan fingerprint density at radius 2 is 1.84 bits per heavy atom. The molecule has 0 atom stereocenters. The van der Waals surface area contributed by atoms with E-state index in [0.717, 1.165) is 28.6 Å². The zero-order valence-corrected chi connectivity index (χ0v) is 19.2. The molecule has 7 nitrogen and oxygen atoms in total. The predicted octanol–water partition coefficient (Wildman–Crippen LogP) is 4.74. The number of hydrogen-bond acceptors (Lipinski definition) is 4. The summed E-state index contributed by atoms with van der Waals surface area (Å²) in [6, 6.07) is 16.6. The van der Waals surface area contributed by atoms with Gasteiger partial charge in [-0.3, -0.25) is 9.59 Å². The molecule has 4 rings (SSSR count). The highest BCUT2D eigenvalue weighted by molar-refractivity contribution is 9.10. The van der Waals surface area contributed by atoms with Crippen molar-refractivity contribution in [1.29, 1.82) is 0 Å². The van der Waals surface area contributed by atoms with Gasteiger partial charge in [-0.1, -0.05) is 29.3 Å². The molecule has 8 heteroatoms. The maximum Gasteiger partial charge on any atom is 0.277 e. The van der Waals surface area contributed by atoms with E-state index in [9.17, 15) is 9.59 Å². The van der Waals surface area contributed by atoms with E-state index < -0.39 is 0 Å². The highest BCUT2D eigenvalue weighted by Gasteiger charge is 2.12. The van der Waals surface area contributed by atoms with Crippen molar-refractivity contribution in [2.24, 2.45) is 0 Å². The monoisotopic (exact) mass is 494 g/mol. The molecule has 0 spiro atoms. The molecule has 0 aliphatic rings. The van der Waals surface area contributed by atoms with E-state index in [2.05, 4.69) is 33.3 Å². The van der Waals surface area contributed by atoms with Gasteiger partial charge in [0, 0.05) is 28.1 Å². The molecule has 32 heavy (non-hydrogen) atoms. The lowest BCUT2D eigenvalue weighted by atomic mass is 10.1. The molecule has 2 heterocycles. The Morgan fingerprint density at radius 1 is 1.09 bits per heavy atom. The second-order valence-electron chi connectivity index (χ2n) is 7.37. The number of carbonyl (C=O) groups excluding carboxylic acids is 1. The molecule has 0 unspecified atom stereocenters. The van der Waals surface area contributed by atoms with Crippen LogP contribution >= 0.6 is 15.9 Å². The maximum atomic E-state index is 12.9. The van der Waals surface area contributed by atoms with E-state index in [4.69, 9.17) is 4.74 Å². The summed E-state index contributed by atoms with van der Waals surface area (Å²) in [5, 5.41) is 7.30. The number of nitrogens with zero attached hydrogens (tertiary/aromatic N) is 3. The lowest BCUT2D eigenvalue weighted by Crippen LogP contribution is -2.28. The Labute approximate surface area is 193 Å². The second kappa shape index (κ2) is 9.82. The van der Waals surface area contributed by atoms with Crippen LogP contribution in [0.1, 0.15) is 19.8 Å². The normalized spacial score (nSPS) is 10.9. The number of ether oxygens (including phenoxy) is 1. The zero-order chi connectivity index (χ0) is 22.5. The number of anilines is 1. The minimum Gasteiger partial charge on any atom is -0.494 e. The summed E-state index contributed by atoms with van der Waals surface area (Å²) >= 11 is 3.36. The quantitative estimate of drug-likeness (QED) is 0.358. The van der Waals surface area contributed by atoms with Crippen LogP contribution in [0.5, 0.6) is 5.75 Å². The van der Waals surface area contributed by atoms with Gasteiger partial charge in [0.05, 0.1) is 12.3 Å². The van der Waals surface area contributed by atoms with E-state index in [-0.39, 0.29) is 18.0 Å². The van der Waals surface area contributed by atoms with Gasteiger partial charge in [0.25, 0.3) is 5.56 Å². The summed E-state index contributed by atoms with van der Waals surface area (Å²) in [6.45, 7) is 2.73. The Hall–Kier alpha value is -3.39. The summed E-state index contributed by atoms with van der Waals surface area (Å²) in [5.74, 6) is 0.530. The molecule has 0 aliphatic carbocycles. The third-order valence-corrected chi connectivity index (χ3v) is 5.49. The lowest BCUT2D eigenvalue weighted by Gasteiger charge is -2.07. The van der Waals surface area contributed by atoms with Crippen LogP contribution in [0, 0.1) is 0 Å². The summed E-state index contributed by atoms with van der Waals surface area (Å²) in [6.07, 6.45) is 5.34. The third kappa shape index (κ3) is 5.08. The number of rotatable bonds is 8. The van der Waals surface area contributed by atoms with Gasteiger partial charge in [0.15, 0.2) is 0 Å². The largest absolute Gasteiger partial charge is 0.494 e. The van der Waals surface area contributed by atoms with Crippen molar-refractivity contribution in [2.45, 2.75) is 26.3 Å². The van der Waals surface area contributed by atoms with Gasteiger partial charge in [-0.15, -0.1) is 0 Å². The standard InChI is InChI=1S/C24H23BrN4O3/c1-2-3-14-32-20-10-4-17(5-11-20)21-15-22-24(31)28(12-13-29(22)27-21)16-23(30)26-19-8-6-18(25)7-9-19/h4-13,15H,2-3,14,16H2,1H3,(H,26,30). The Kier molecular flexibility index (Phi) is 6.70. The molecule has 1 N–H and O–H groups in total. The summed E-state index contributed by atoms with van der Waals surface area (Å²) in [4.78, 5) is 25.3. The Bertz CT molecular complexity index is 1280. The first-order chi connectivity index (χ1) is 15.5. The minimum atomic E-state index is -0.281. The molecule has 2 aromatic carbocycles. The predicted molar refractivity (Wildman–Crippen MR) is 128 cm³/mol. The smallest absolute Gasteiger partial charge is 0.277 e. The van der Waals surface area contributed by atoms with Crippen molar-refractivity contribution < 1.29 is 9.53 Å². The van der Waals surface area contributed by atoms with E-state index >= 15 is 0 Å². The highest BCUT2D eigenvalue weighted by atomic mass is 79.9. The van der Waals surface area contributed by atoms with Crippen LogP contribution in [-0.4, -0.2) is 26.7 Å². The summed E-state index contributed by atoms with van der Waals surface area (Å²) in [5.41, 5.74) is 2.36. The van der Waals surface area contributed by atoms with Gasteiger partial charge in [-0.05, 0) is 61.0 Å². The Balaban J connectivity index is 1.50. The SMILES string of the molecule is CCCCOc1ccc(-c2cc3c(=O)n(CC(=O)Nc4ccc(Br)cc4)ccn3n2)cc1. The average Bonchev–Trinajstić information content (AvgIpc) is 3.23. The number of halogens is 1. The molecule has 0 radical (unpaired) electrons. The number of hydrogen-bond donors (Lipinski definition) is 1. The maximum absolute atomic E-state index is 12.9.